The zero-order chi connectivity index (χ0) is 27.1. The van der Waals surface area contributed by atoms with Crippen LogP contribution >= 0.6 is 0 Å². The maximum atomic E-state index is 12.8. The van der Waals surface area contributed by atoms with Crippen LogP contribution in [0.4, 0.5) is 16.2 Å². The van der Waals surface area contributed by atoms with E-state index in [9.17, 15) is 9.59 Å². The minimum Gasteiger partial charge on any atom is -0.494 e. The van der Waals surface area contributed by atoms with Crippen molar-refractivity contribution in [3.8, 4) is 5.75 Å². The maximum absolute atomic E-state index is 12.8. The number of amides is 1. The normalized spacial score (nSPS) is 10.8. The Morgan fingerprint density at radius 2 is 1.49 bits per heavy atom. The third-order valence-corrected chi connectivity index (χ3v) is 4.49. The van der Waals surface area contributed by atoms with E-state index in [0.29, 0.717) is 18.8 Å². The molecule has 3 aromatic rings. The summed E-state index contributed by atoms with van der Waals surface area (Å²) in [7, 11) is 0. The third kappa shape index (κ3) is 12.4. The SMILES string of the molecule is CC(C)(C)N.O=C(O)CCCOc1cccc(C=CCOC(=O)N(c2ccccc2)c2ccccc2)c1. The molecular weight excluding hydrogens is 468 g/mol. The van der Waals surface area contributed by atoms with Gasteiger partial charge in [0.2, 0.25) is 0 Å². The predicted molar refractivity (Wildman–Crippen MR) is 148 cm³/mol. The molecule has 0 aliphatic carbocycles. The number of rotatable bonds is 10. The number of ether oxygens (including phenoxy) is 2. The fourth-order valence-electron chi connectivity index (χ4n) is 3.00. The molecule has 3 N–H and O–H groups in total. The summed E-state index contributed by atoms with van der Waals surface area (Å²) < 4.78 is 11.1. The lowest BCUT2D eigenvalue weighted by molar-refractivity contribution is -0.137. The van der Waals surface area contributed by atoms with E-state index in [0.717, 1.165) is 16.9 Å². The molecule has 0 atom stereocenters. The van der Waals surface area contributed by atoms with Crippen LogP contribution in [0.25, 0.3) is 6.08 Å². The molecule has 7 nitrogen and oxygen atoms in total. The number of nitrogens with zero attached hydrogens (tertiary/aromatic N) is 1. The van der Waals surface area contributed by atoms with Gasteiger partial charge in [-0.15, -0.1) is 0 Å². The van der Waals surface area contributed by atoms with Crippen LogP contribution in [0, 0.1) is 0 Å². The number of carboxylic acids is 1. The highest BCUT2D eigenvalue weighted by Crippen LogP contribution is 2.25. The highest BCUT2D eigenvalue weighted by atomic mass is 16.6. The summed E-state index contributed by atoms with van der Waals surface area (Å²) in [6.45, 7) is 6.34. The average molecular weight is 505 g/mol. The molecule has 37 heavy (non-hydrogen) atoms. The molecule has 0 aliphatic heterocycles. The number of hydrogen-bond acceptors (Lipinski definition) is 5. The summed E-state index contributed by atoms with van der Waals surface area (Å²) in [4.78, 5) is 24.9. The molecule has 0 unspecified atom stereocenters. The van der Waals surface area contributed by atoms with Gasteiger partial charge in [-0.2, -0.15) is 0 Å². The van der Waals surface area contributed by atoms with Crippen molar-refractivity contribution in [2.45, 2.75) is 39.2 Å². The second-order valence-corrected chi connectivity index (χ2v) is 9.27. The van der Waals surface area contributed by atoms with E-state index in [1.54, 1.807) is 6.08 Å². The predicted octanol–water partition coefficient (Wildman–Crippen LogP) is 6.66. The van der Waals surface area contributed by atoms with Gasteiger partial charge in [0, 0.05) is 12.0 Å². The standard InChI is InChI=1S/C26H25NO5.C4H11N/c28-25(29)17-9-18-31-24-16-7-10-21(20-24)11-8-19-32-26(30)27(22-12-3-1-4-13-22)23-14-5-2-6-15-23;1-4(2,3)5/h1-8,10-16,20H,9,17-19H2,(H,28,29);5H2,1-3H3. The van der Waals surface area contributed by atoms with Crippen molar-refractivity contribution in [3.63, 3.8) is 0 Å². The Kier molecular flexibility index (Phi) is 11.9. The number of aliphatic carboxylic acids is 1. The number of carboxylic acid groups (broad SMARTS) is 1. The molecule has 0 radical (unpaired) electrons. The zero-order valence-corrected chi connectivity index (χ0v) is 21.7. The summed E-state index contributed by atoms with van der Waals surface area (Å²) in [5.41, 5.74) is 7.69. The van der Waals surface area contributed by atoms with Gasteiger partial charge in [0.05, 0.1) is 18.0 Å². The van der Waals surface area contributed by atoms with Crippen LogP contribution in [0.15, 0.2) is 91.0 Å². The third-order valence-electron chi connectivity index (χ3n) is 4.49. The van der Waals surface area contributed by atoms with Crippen LogP contribution in [-0.2, 0) is 9.53 Å². The number of carbonyl (C=O) groups is 2. The van der Waals surface area contributed by atoms with Crippen LogP contribution in [0.1, 0.15) is 39.2 Å². The molecule has 0 heterocycles. The van der Waals surface area contributed by atoms with E-state index < -0.39 is 12.1 Å². The number of benzene rings is 3. The largest absolute Gasteiger partial charge is 0.494 e. The summed E-state index contributed by atoms with van der Waals surface area (Å²) in [6.07, 6.45) is 3.66. The van der Waals surface area contributed by atoms with Crippen molar-refractivity contribution in [2.24, 2.45) is 5.73 Å². The van der Waals surface area contributed by atoms with Crippen molar-refractivity contribution in [1.29, 1.82) is 0 Å². The van der Waals surface area contributed by atoms with Gasteiger partial charge in [-0.1, -0.05) is 54.6 Å². The fourth-order valence-corrected chi connectivity index (χ4v) is 3.00. The molecule has 0 spiro atoms. The van der Waals surface area contributed by atoms with Crippen molar-refractivity contribution >= 4 is 29.5 Å². The van der Waals surface area contributed by atoms with E-state index in [1.165, 1.54) is 4.90 Å². The summed E-state index contributed by atoms with van der Waals surface area (Å²) >= 11 is 0. The van der Waals surface area contributed by atoms with E-state index >= 15 is 0 Å². The van der Waals surface area contributed by atoms with E-state index in [4.69, 9.17) is 20.3 Å². The van der Waals surface area contributed by atoms with Gasteiger partial charge in [-0.3, -0.25) is 4.79 Å². The highest BCUT2D eigenvalue weighted by molar-refractivity contribution is 5.95. The van der Waals surface area contributed by atoms with Crippen LogP contribution in [0.3, 0.4) is 0 Å². The molecule has 0 saturated heterocycles. The molecular formula is C30H36N2O5. The van der Waals surface area contributed by atoms with Crippen molar-refractivity contribution in [1.82, 2.24) is 0 Å². The van der Waals surface area contributed by atoms with Gasteiger partial charge in [0.1, 0.15) is 12.4 Å². The molecule has 1 amide bonds. The number of nitrogens with two attached hydrogens (primary N) is 1. The van der Waals surface area contributed by atoms with Crippen LogP contribution in [0.5, 0.6) is 5.75 Å². The van der Waals surface area contributed by atoms with E-state index in [-0.39, 0.29) is 18.6 Å². The Hall–Kier alpha value is -4.10. The first-order valence-electron chi connectivity index (χ1n) is 12.1. The lowest BCUT2D eigenvalue weighted by Gasteiger charge is -2.22. The molecule has 196 valence electrons. The van der Waals surface area contributed by atoms with E-state index in [1.807, 2.05) is 112 Å². The summed E-state index contributed by atoms with van der Waals surface area (Å²) in [5.74, 6) is -0.174. The molecule has 3 aromatic carbocycles. The second-order valence-electron chi connectivity index (χ2n) is 9.27. The van der Waals surface area contributed by atoms with E-state index in [2.05, 4.69) is 0 Å². The monoisotopic (exact) mass is 504 g/mol. The van der Waals surface area contributed by atoms with Gasteiger partial charge in [-0.25, -0.2) is 9.69 Å². The maximum Gasteiger partial charge on any atom is 0.419 e. The smallest absolute Gasteiger partial charge is 0.419 e. The Bertz CT molecular complexity index is 1080. The lowest BCUT2D eigenvalue weighted by Crippen LogP contribution is -2.26. The molecule has 7 heteroatoms. The molecule has 0 aromatic heterocycles. The Labute approximate surface area is 219 Å². The topological polar surface area (TPSA) is 102 Å². The van der Waals surface area contributed by atoms with Gasteiger partial charge < -0.3 is 20.3 Å². The van der Waals surface area contributed by atoms with Gasteiger partial charge in [-0.05, 0) is 75.2 Å². The van der Waals surface area contributed by atoms with Crippen LogP contribution < -0.4 is 15.4 Å². The molecule has 0 aliphatic rings. The first-order chi connectivity index (χ1) is 17.6. The van der Waals surface area contributed by atoms with Crippen LogP contribution in [-0.4, -0.2) is 35.9 Å². The number of para-hydroxylation sites is 2. The summed E-state index contributed by atoms with van der Waals surface area (Å²) in [5, 5.41) is 8.67. The molecule has 0 saturated carbocycles. The number of anilines is 2. The van der Waals surface area contributed by atoms with Gasteiger partial charge in [0.25, 0.3) is 0 Å². The fraction of sp³-hybridized carbons (Fsp3) is 0.267. The Balaban J connectivity index is 0.000000877. The Morgan fingerprint density at radius 3 is 2.03 bits per heavy atom. The molecule has 0 fully saturated rings. The van der Waals surface area contributed by atoms with Crippen molar-refractivity contribution in [3.05, 3.63) is 96.6 Å². The molecule has 0 bridgehead atoms. The lowest BCUT2D eigenvalue weighted by atomic mass is 10.1. The molecule has 3 rings (SSSR count). The average Bonchev–Trinajstić information content (AvgIpc) is 2.85. The minimum absolute atomic E-state index is 0. The number of carbonyl (C=O) groups excluding carboxylic acids is 1. The van der Waals surface area contributed by atoms with Crippen molar-refractivity contribution in [2.75, 3.05) is 18.1 Å². The number of hydrogen-bond donors (Lipinski definition) is 2. The first kappa shape index (κ1) is 29.1. The summed E-state index contributed by atoms with van der Waals surface area (Å²) in [6, 6.07) is 26.1. The van der Waals surface area contributed by atoms with Crippen LogP contribution in [0.2, 0.25) is 0 Å². The Morgan fingerprint density at radius 1 is 0.919 bits per heavy atom. The van der Waals surface area contributed by atoms with Gasteiger partial charge in [0.15, 0.2) is 0 Å². The highest BCUT2D eigenvalue weighted by Gasteiger charge is 2.18. The van der Waals surface area contributed by atoms with Gasteiger partial charge >= 0.3 is 12.1 Å². The first-order valence-corrected chi connectivity index (χ1v) is 12.1. The minimum atomic E-state index is -0.835. The quantitative estimate of drug-likeness (QED) is 0.299. The zero-order valence-electron chi connectivity index (χ0n) is 21.7. The second kappa shape index (κ2) is 15.1. The van der Waals surface area contributed by atoms with Crippen molar-refractivity contribution < 1.29 is 24.2 Å².